The molecular weight excluding hydrogens is 402 g/mol. The highest BCUT2D eigenvalue weighted by atomic mass is 19.1. The summed E-state index contributed by atoms with van der Waals surface area (Å²) in [5.41, 5.74) is 14.4. The number of benzene rings is 1. The zero-order valence-electron chi connectivity index (χ0n) is 17.4. The summed E-state index contributed by atoms with van der Waals surface area (Å²) in [5.74, 6) is -0.581. The Bertz CT molecular complexity index is 1340. The van der Waals surface area contributed by atoms with Crippen molar-refractivity contribution in [1.29, 1.82) is 0 Å². The number of fused-ring (bicyclic) bond motifs is 3. The van der Waals surface area contributed by atoms with Crippen LogP contribution in [0.2, 0.25) is 0 Å². The van der Waals surface area contributed by atoms with Crippen LogP contribution in [-0.4, -0.2) is 29.5 Å². The Morgan fingerprint density at radius 1 is 1.10 bits per heavy atom. The molecule has 0 amide bonds. The first-order valence-electron chi connectivity index (χ1n) is 10.1. The zero-order chi connectivity index (χ0) is 22.1. The van der Waals surface area contributed by atoms with E-state index in [1.165, 1.54) is 10.6 Å². The van der Waals surface area contributed by atoms with Crippen molar-refractivity contribution in [2.45, 2.75) is 51.0 Å². The molecule has 0 spiro atoms. The standard InChI is InChI=1S/C21H22F2N8/c1-9-16(26-8-15(27-9)21(2,3)25)10-4-11(5-10)18-29-19-13-6-12(22)7-14(23)17(13)28-20(24)31(19)30-18/h6-8,10-11H,4-5,25H2,1-3H3,(H2,24,28). The number of halogens is 2. The maximum absolute atomic E-state index is 14.1. The molecule has 0 radical (unpaired) electrons. The average Bonchev–Trinajstić information content (AvgIpc) is 3.08. The minimum atomic E-state index is -0.782. The minimum Gasteiger partial charge on any atom is -0.368 e. The van der Waals surface area contributed by atoms with Crippen molar-refractivity contribution in [3.8, 4) is 0 Å². The molecule has 5 rings (SSSR count). The van der Waals surface area contributed by atoms with Gasteiger partial charge in [0.1, 0.15) is 11.3 Å². The van der Waals surface area contributed by atoms with Gasteiger partial charge in [-0.1, -0.05) is 0 Å². The number of anilines is 1. The first-order valence-corrected chi connectivity index (χ1v) is 10.1. The number of aromatic nitrogens is 6. The van der Waals surface area contributed by atoms with E-state index >= 15 is 0 Å². The SMILES string of the molecule is Cc1nc(C(C)(C)N)cnc1C1CC(c2nc3c4cc(F)cc(F)c4nc(N)n3n2)C1. The Balaban J connectivity index is 1.45. The van der Waals surface area contributed by atoms with Crippen LogP contribution in [-0.2, 0) is 5.54 Å². The number of hydrogen-bond donors (Lipinski definition) is 2. The molecule has 1 saturated carbocycles. The van der Waals surface area contributed by atoms with Gasteiger partial charge in [-0.05, 0) is 39.7 Å². The lowest BCUT2D eigenvalue weighted by atomic mass is 9.72. The highest BCUT2D eigenvalue weighted by Crippen LogP contribution is 2.47. The predicted molar refractivity (Wildman–Crippen MR) is 111 cm³/mol. The molecule has 0 atom stereocenters. The van der Waals surface area contributed by atoms with Crippen molar-refractivity contribution >= 4 is 22.5 Å². The normalized spacial score (nSPS) is 19.2. The fourth-order valence-corrected chi connectivity index (χ4v) is 4.10. The van der Waals surface area contributed by atoms with E-state index < -0.39 is 17.2 Å². The molecule has 1 aliphatic rings. The number of nitrogens with zero attached hydrogens (tertiary/aromatic N) is 6. The number of rotatable bonds is 3. The third-order valence-corrected chi connectivity index (χ3v) is 5.87. The van der Waals surface area contributed by atoms with Crippen molar-refractivity contribution in [2.75, 3.05) is 5.73 Å². The van der Waals surface area contributed by atoms with Gasteiger partial charge in [-0.25, -0.2) is 18.7 Å². The highest BCUT2D eigenvalue weighted by molar-refractivity contribution is 5.92. The van der Waals surface area contributed by atoms with E-state index in [0.717, 1.165) is 36.0 Å². The summed E-state index contributed by atoms with van der Waals surface area (Å²) < 4.78 is 29.3. The molecule has 3 heterocycles. The van der Waals surface area contributed by atoms with E-state index in [1.807, 2.05) is 20.8 Å². The number of hydrogen-bond acceptors (Lipinski definition) is 7. The number of aryl methyl sites for hydroxylation is 1. The second kappa shape index (κ2) is 6.61. The Morgan fingerprint density at radius 3 is 2.52 bits per heavy atom. The van der Waals surface area contributed by atoms with Gasteiger partial charge in [0.15, 0.2) is 17.3 Å². The molecule has 4 aromatic rings. The van der Waals surface area contributed by atoms with E-state index in [-0.39, 0.29) is 28.7 Å². The van der Waals surface area contributed by atoms with Gasteiger partial charge in [-0.2, -0.15) is 4.52 Å². The molecule has 1 fully saturated rings. The van der Waals surface area contributed by atoms with E-state index in [9.17, 15) is 8.78 Å². The molecule has 0 aliphatic heterocycles. The van der Waals surface area contributed by atoms with E-state index in [1.54, 1.807) is 6.20 Å². The molecule has 31 heavy (non-hydrogen) atoms. The van der Waals surface area contributed by atoms with Crippen LogP contribution in [0.1, 0.15) is 61.4 Å². The molecule has 0 bridgehead atoms. The summed E-state index contributed by atoms with van der Waals surface area (Å²) in [4.78, 5) is 17.8. The molecule has 160 valence electrons. The van der Waals surface area contributed by atoms with Crippen LogP contribution in [0, 0.1) is 18.6 Å². The molecule has 4 N–H and O–H groups in total. The fourth-order valence-electron chi connectivity index (χ4n) is 4.10. The summed E-state index contributed by atoms with van der Waals surface area (Å²) in [6.45, 7) is 5.73. The molecule has 10 heteroatoms. The van der Waals surface area contributed by atoms with Crippen molar-refractivity contribution in [3.63, 3.8) is 0 Å². The molecule has 8 nitrogen and oxygen atoms in total. The Kier molecular flexibility index (Phi) is 4.20. The summed E-state index contributed by atoms with van der Waals surface area (Å²) in [7, 11) is 0. The van der Waals surface area contributed by atoms with Gasteiger partial charge in [-0.15, -0.1) is 5.10 Å². The van der Waals surface area contributed by atoms with Crippen LogP contribution < -0.4 is 11.5 Å². The number of nitrogen functional groups attached to an aromatic ring is 1. The molecule has 1 aromatic carbocycles. The predicted octanol–water partition coefficient (Wildman–Crippen LogP) is 3.09. The van der Waals surface area contributed by atoms with Crippen LogP contribution in [0.5, 0.6) is 0 Å². The second-order valence-corrected chi connectivity index (χ2v) is 8.77. The van der Waals surface area contributed by atoms with Crippen LogP contribution >= 0.6 is 0 Å². The highest BCUT2D eigenvalue weighted by Gasteiger charge is 2.37. The third-order valence-electron chi connectivity index (χ3n) is 5.87. The van der Waals surface area contributed by atoms with Gasteiger partial charge in [0.2, 0.25) is 5.95 Å². The Hall–Kier alpha value is -3.27. The minimum absolute atomic E-state index is 0.00401. The molecule has 1 aliphatic carbocycles. The maximum atomic E-state index is 14.1. The Labute approximate surface area is 176 Å². The lowest BCUT2D eigenvalue weighted by Gasteiger charge is -2.33. The van der Waals surface area contributed by atoms with Crippen molar-refractivity contribution in [2.24, 2.45) is 5.73 Å². The lowest BCUT2D eigenvalue weighted by Crippen LogP contribution is -2.31. The van der Waals surface area contributed by atoms with Crippen molar-refractivity contribution in [1.82, 2.24) is 29.5 Å². The van der Waals surface area contributed by atoms with E-state index in [0.29, 0.717) is 11.5 Å². The van der Waals surface area contributed by atoms with E-state index in [4.69, 9.17) is 11.5 Å². The summed E-state index contributed by atoms with van der Waals surface area (Å²) >= 11 is 0. The monoisotopic (exact) mass is 424 g/mol. The molecule has 3 aromatic heterocycles. The van der Waals surface area contributed by atoms with Gasteiger partial charge >= 0.3 is 0 Å². The zero-order valence-corrected chi connectivity index (χ0v) is 17.4. The quantitative estimate of drug-likeness (QED) is 0.518. The van der Waals surface area contributed by atoms with Crippen molar-refractivity contribution < 1.29 is 8.78 Å². The van der Waals surface area contributed by atoms with Crippen LogP contribution in [0.25, 0.3) is 16.6 Å². The van der Waals surface area contributed by atoms with Gasteiger partial charge in [0, 0.05) is 17.9 Å². The average molecular weight is 424 g/mol. The van der Waals surface area contributed by atoms with Gasteiger partial charge in [0.25, 0.3) is 0 Å². The first-order chi connectivity index (χ1) is 14.6. The molecular formula is C21H22F2N8. The molecule has 0 saturated heterocycles. The maximum Gasteiger partial charge on any atom is 0.223 e. The van der Waals surface area contributed by atoms with Gasteiger partial charge in [-0.3, -0.25) is 9.97 Å². The van der Waals surface area contributed by atoms with Gasteiger partial charge < -0.3 is 11.5 Å². The van der Waals surface area contributed by atoms with E-state index in [2.05, 4.69) is 25.0 Å². The topological polar surface area (TPSA) is 121 Å². The largest absolute Gasteiger partial charge is 0.368 e. The summed E-state index contributed by atoms with van der Waals surface area (Å²) in [6, 6.07) is 1.97. The van der Waals surface area contributed by atoms with Crippen LogP contribution in [0.4, 0.5) is 14.7 Å². The molecule has 0 unspecified atom stereocenters. The first kappa shape index (κ1) is 19.7. The Morgan fingerprint density at radius 2 is 1.84 bits per heavy atom. The number of nitrogens with two attached hydrogens (primary N) is 2. The van der Waals surface area contributed by atoms with Crippen molar-refractivity contribution in [3.05, 3.63) is 52.9 Å². The van der Waals surface area contributed by atoms with Crippen LogP contribution in [0.15, 0.2) is 18.3 Å². The van der Waals surface area contributed by atoms with Gasteiger partial charge in [0.05, 0.1) is 34.2 Å². The second-order valence-electron chi connectivity index (χ2n) is 8.77. The fraction of sp³-hybridized carbons (Fsp3) is 0.381. The summed E-state index contributed by atoms with van der Waals surface area (Å²) in [6.07, 6.45) is 3.33. The summed E-state index contributed by atoms with van der Waals surface area (Å²) in [5, 5.41) is 4.70. The van der Waals surface area contributed by atoms with Crippen LogP contribution in [0.3, 0.4) is 0 Å². The smallest absolute Gasteiger partial charge is 0.223 e. The third kappa shape index (κ3) is 3.18. The lowest BCUT2D eigenvalue weighted by molar-refractivity contribution is 0.329.